The molecule has 0 N–H and O–H groups in total. The summed E-state index contributed by atoms with van der Waals surface area (Å²) >= 11 is 0. The van der Waals surface area contributed by atoms with E-state index in [2.05, 4.69) is 18.9 Å². The Balaban J connectivity index is 2.11. The van der Waals surface area contributed by atoms with Crippen LogP contribution < -0.4 is 0 Å². The van der Waals surface area contributed by atoms with E-state index in [9.17, 15) is 0 Å². The summed E-state index contributed by atoms with van der Waals surface area (Å²) in [6, 6.07) is 0. The molecule has 1 nitrogen and oxygen atoms in total. The van der Waals surface area contributed by atoms with Crippen molar-refractivity contribution in [1.29, 1.82) is 0 Å². The molecule has 9 heavy (non-hydrogen) atoms. The second kappa shape index (κ2) is 1.51. The van der Waals surface area contributed by atoms with Crippen LogP contribution in [0.3, 0.4) is 0 Å². The smallest absolute Gasteiger partial charge is 0.0183 e. The van der Waals surface area contributed by atoms with Gasteiger partial charge in [0.1, 0.15) is 0 Å². The van der Waals surface area contributed by atoms with Crippen molar-refractivity contribution >= 4 is 0 Å². The fourth-order valence-corrected chi connectivity index (χ4v) is 2.35. The molecular weight excluding hydrogens is 110 g/mol. The number of hydrogen-bond donors (Lipinski definition) is 0. The fourth-order valence-electron chi connectivity index (χ4n) is 2.35. The van der Waals surface area contributed by atoms with Crippen molar-refractivity contribution in [3.05, 3.63) is 0 Å². The van der Waals surface area contributed by atoms with E-state index < -0.39 is 0 Å². The molecule has 3 aliphatic rings. The molecule has 2 heterocycles. The summed E-state index contributed by atoms with van der Waals surface area (Å²) in [6.07, 6.45) is 4.37. The van der Waals surface area contributed by atoms with Crippen LogP contribution in [-0.2, 0) is 0 Å². The van der Waals surface area contributed by atoms with Gasteiger partial charge in [0.25, 0.3) is 0 Å². The van der Waals surface area contributed by atoms with Gasteiger partial charge in [-0.3, -0.25) is 0 Å². The third-order valence-electron chi connectivity index (χ3n) is 3.25. The Bertz CT molecular complexity index is 125. The fraction of sp³-hybridized carbons (Fsp3) is 1.00. The monoisotopic (exact) mass is 125 g/mol. The van der Waals surface area contributed by atoms with E-state index in [-0.39, 0.29) is 0 Å². The Morgan fingerprint density at radius 2 is 2.11 bits per heavy atom. The maximum atomic E-state index is 2.52. The van der Waals surface area contributed by atoms with Crippen LogP contribution in [0.4, 0.5) is 0 Å². The van der Waals surface area contributed by atoms with E-state index in [0.29, 0.717) is 5.54 Å². The van der Waals surface area contributed by atoms with Crippen molar-refractivity contribution in [2.45, 2.75) is 31.7 Å². The maximum absolute atomic E-state index is 2.52. The van der Waals surface area contributed by atoms with Crippen molar-refractivity contribution in [2.75, 3.05) is 13.6 Å². The van der Waals surface area contributed by atoms with Gasteiger partial charge in [0, 0.05) is 5.54 Å². The first-order valence-corrected chi connectivity index (χ1v) is 3.92. The molecule has 0 unspecified atom stereocenters. The van der Waals surface area contributed by atoms with Crippen LogP contribution >= 0.6 is 0 Å². The second-order valence-corrected chi connectivity index (χ2v) is 3.98. The van der Waals surface area contributed by atoms with Crippen LogP contribution in [0.2, 0.25) is 0 Å². The molecule has 0 aromatic heterocycles. The molecule has 2 saturated heterocycles. The summed E-state index contributed by atoms with van der Waals surface area (Å²) in [5, 5.41) is 0. The summed E-state index contributed by atoms with van der Waals surface area (Å²) in [5.41, 5.74) is 0.614. The standard InChI is InChI=1S/C8H15N/c1-8-5-7(6-8)3-4-9(8)2/h7H,3-6H2,1-2H3. The zero-order valence-corrected chi connectivity index (χ0v) is 6.35. The van der Waals surface area contributed by atoms with Crippen LogP contribution in [0.5, 0.6) is 0 Å². The predicted molar refractivity (Wildman–Crippen MR) is 38.4 cm³/mol. The summed E-state index contributed by atoms with van der Waals surface area (Å²) < 4.78 is 0. The lowest BCUT2D eigenvalue weighted by atomic mass is 9.64. The van der Waals surface area contributed by atoms with Gasteiger partial charge in [0.15, 0.2) is 0 Å². The number of rotatable bonds is 0. The lowest BCUT2D eigenvalue weighted by molar-refractivity contribution is -0.0474. The van der Waals surface area contributed by atoms with Gasteiger partial charge in [-0.25, -0.2) is 0 Å². The van der Waals surface area contributed by atoms with Gasteiger partial charge in [-0.1, -0.05) is 0 Å². The van der Waals surface area contributed by atoms with Gasteiger partial charge in [0.05, 0.1) is 0 Å². The summed E-state index contributed by atoms with van der Waals surface area (Å²) in [7, 11) is 2.26. The van der Waals surface area contributed by atoms with E-state index in [4.69, 9.17) is 0 Å². The van der Waals surface area contributed by atoms with E-state index >= 15 is 0 Å². The molecule has 0 amide bonds. The zero-order valence-electron chi connectivity index (χ0n) is 6.35. The van der Waals surface area contributed by atoms with Crippen molar-refractivity contribution in [3.8, 4) is 0 Å². The first-order chi connectivity index (χ1) is 4.21. The molecular formula is C8H15N. The lowest BCUT2D eigenvalue weighted by Crippen LogP contribution is -2.58. The van der Waals surface area contributed by atoms with Gasteiger partial charge < -0.3 is 4.90 Å². The molecule has 0 atom stereocenters. The molecule has 1 saturated carbocycles. The summed E-state index contributed by atoms with van der Waals surface area (Å²) in [4.78, 5) is 2.52. The van der Waals surface area contributed by atoms with Crippen molar-refractivity contribution in [1.82, 2.24) is 4.90 Å². The summed E-state index contributed by atoms with van der Waals surface area (Å²) in [5.74, 6) is 1.09. The van der Waals surface area contributed by atoms with Crippen LogP contribution in [0.1, 0.15) is 26.2 Å². The van der Waals surface area contributed by atoms with Crippen LogP contribution in [0, 0.1) is 5.92 Å². The highest BCUT2D eigenvalue weighted by atomic mass is 15.2. The molecule has 0 spiro atoms. The number of piperidine rings is 2. The van der Waals surface area contributed by atoms with Gasteiger partial charge in [0.2, 0.25) is 0 Å². The average molecular weight is 125 g/mol. The van der Waals surface area contributed by atoms with Gasteiger partial charge in [-0.15, -0.1) is 0 Å². The van der Waals surface area contributed by atoms with Crippen molar-refractivity contribution in [2.24, 2.45) is 5.92 Å². The van der Waals surface area contributed by atoms with E-state index in [0.717, 1.165) is 5.92 Å². The Hall–Kier alpha value is -0.0400. The highest BCUT2D eigenvalue weighted by Crippen LogP contribution is 2.47. The Morgan fingerprint density at radius 1 is 1.44 bits per heavy atom. The molecule has 2 bridgehead atoms. The maximum Gasteiger partial charge on any atom is 0.0183 e. The third kappa shape index (κ3) is 0.644. The van der Waals surface area contributed by atoms with Gasteiger partial charge in [-0.2, -0.15) is 0 Å². The van der Waals surface area contributed by atoms with Crippen LogP contribution in [0.25, 0.3) is 0 Å². The van der Waals surface area contributed by atoms with E-state index in [1.54, 1.807) is 0 Å². The predicted octanol–water partition coefficient (Wildman–Crippen LogP) is 1.49. The molecule has 0 aromatic carbocycles. The van der Waals surface area contributed by atoms with Gasteiger partial charge >= 0.3 is 0 Å². The minimum atomic E-state index is 0.614. The number of nitrogens with zero attached hydrogens (tertiary/aromatic N) is 1. The van der Waals surface area contributed by atoms with E-state index in [1.807, 2.05) is 0 Å². The van der Waals surface area contributed by atoms with Crippen LogP contribution in [-0.4, -0.2) is 24.0 Å². The van der Waals surface area contributed by atoms with Crippen molar-refractivity contribution in [3.63, 3.8) is 0 Å². The Labute approximate surface area is 57.0 Å². The number of fused-ring (bicyclic) bond motifs is 2. The molecule has 1 aliphatic carbocycles. The van der Waals surface area contributed by atoms with Gasteiger partial charge in [-0.05, 0) is 45.7 Å². The number of hydrogen-bond acceptors (Lipinski definition) is 1. The Kier molecular flexibility index (Phi) is 0.963. The SMILES string of the molecule is CN1CCC2CC1(C)C2. The first kappa shape index (κ1) is 5.72. The molecule has 52 valence electrons. The van der Waals surface area contributed by atoms with Crippen molar-refractivity contribution < 1.29 is 0 Å². The lowest BCUT2D eigenvalue weighted by Gasteiger charge is -2.56. The Morgan fingerprint density at radius 3 is 2.44 bits per heavy atom. The highest BCUT2D eigenvalue weighted by Gasteiger charge is 2.46. The average Bonchev–Trinajstić information content (AvgIpc) is 1.73. The topological polar surface area (TPSA) is 3.24 Å². The molecule has 3 fully saturated rings. The van der Waals surface area contributed by atoms with Crippen LogP contribution in [0.15, 0.2) is 0 Å². The van der Waals surface area contributed by atoms with E-state index in [1.165, 1.54) is 25.8 Å². The normalized spacial score (nSPS) is 50.7. The molecule has 2 aliphatic heterocycles. The second-order valence-electron chi connectivity index (χ2n) is 3.98. The highest BCUT2D eigenvalue weighted by molar-refractivity contribution is 5.02. The zero-order chi connectivity index (χ0) is 6.48. The first-order valence-electron chi connectivity index (χ1n) is 3.92. The quantitative estimate of drug-likeness (QED) is 0.474. The molecule has 0 radical (unpaired) electrons. The summed E-state index contributed by atoms with van der Waals surface area (Å²) in [6.45, 7) is 3.73. The molecule has 0 aromatic rings. The minimum absolute atomic E-state index is 0.614. The molecule has 1 heteroatoms. The minimum Gasteiger partial charge on any atom is -0.301 e. The molecule has 3 rings (SSSR count). The third-order valence-corrected chi connectivity index (χ3v) is 3.25. The largest absolute Gasteiger partial charge is 0.301 e.